The van der Waals surface area contributed by atoms with Crippen LogP contribution in [0.15, 0.2) is 0 Å². The van der Waals surface area contributed by atoms with E-state index in [2.05, 4.69) is 12.2 Å². The van der Waals surface area contributed by atoms with Gasteiger partial charge in [-0.2, -0.15) is 0 Å². The average Bonchev–Trinajstić information content (AvgIpc) is 2.82. The fourth-order valence-corrected chi connectivity index (χ4v) is 2.88. The lowest BCUT2D eigenvalue weighted by Gasteiger charge is -2.32. The summed E-state index contributed by atoms with van der Waals surface area (Å²) in [7, 11) is 0. The van der Waals surface area contributed by atoms with Crippen LogP contribution in [0.25, 0.3) is 0 Å². The largest absolute Gasteiger partial charge is 0.335 e. The number of hydrogen-bond donors (Lipinski definition) is 1. The fraction of sp³-hybridized carbons (Fsp3) is 0.923. The van der Waals surface area contributed by atoms with Crippen molar-refractivity contribution in [1.29, 1.82) is 0 Å². The second-order valence-corrected chi connectivity index (χ2v) is 5.27. The number of carbonyl (C=O) groups excluding carboxylic acids is 1. The van der Waals surface area contributed by atoms with E-state index in [1.807, 2.05) is 4.90 Å². The van der Waals surface area contributed by atoms with Crippen LogP contribution < -0.4 is 5.32 Å². The lowest BCUT2D eigenvalue weighted by atomic mass is 9.95. The molecule has 1 saturated carbocycles. The molecule has 0 bridgehead atoms. The first-order valence-electron chi connectivity index (χ1n) is 6.85. The molecule has 2 amide bonds. The zero-order valence-electron chi connectivity index (χ0n) is 10.4. The maximum atomic E-state index is 12.0. The van der Waals surface area contributed by atoms with Crippen LogP contribution in [0.3, 0.4) is 0 Å². The van der Waals surface area contributed by atoms with Gasteiger partial charge >= 0.3 is 6.03 Å². The van der Waals surface area contributed by atoms with Gasteiger partial charge in [0, 0.05) is 19.1 Å². The van der Waals surface area contributed by atoms with Gasteiger partial charge in [-0.1, -0.05) is 26.2 Å². The SMILES string of the molecule is CCC1CCN(C(=O)NC2CCCC2)CC1. The molecule has 1 heterocycles. The van der Waals surface area contributed by atoms with Crippen LogP contribution in [0.5, 0.6) is 0 Å². The number of urea groups is 1. The summed E-state index contributed by atoms with van der Waals surface area (Å²) in [6.07, 6.45) is 8.56. The van der Waals surface area contributed by atoms with Gasteiger partial charge in [0.1, 0.15) is 0 Å². The van der Waals surface area contributed by atoms with Crippen molar-refractivity contribution in [1.82, 2.24) is 10.2 Å². The van der Waals surface area contributed by atoms with Gasteiger partial charge < -0.3 is 10.2 Å². The summed E-state index contributed by atoms with van der Waals surface area (Å²) < 4.78 is 0. The van der Waals surface area contributed by atoms with Crippen LogP contribution >= 0.6 is 0 Å². The topological polar surface area (TPSA) is 32.3 Å². The van der Waals surface area contributed by atoms with E-state index in [4.69, 9.17) is 0 Å². The second kappa shape index (κ2) is 5.55. The Kier molecular flexibility index (Phi) is 4.08. The van der Waals surface area contributed by atoms with Gasteiger partial charge in [-0.25, -0.2) is 4.79 Å². The molecule has 2 fully saturated rings. The zero-order chi connectivity index (χ0) is 11.4. The van der Waals surface area contributed by atoms with E-state index in [0.29, 0.717) is 6.04 Å². The van der Waals surface area contributed by atoms with Crippen molar-refractivity contribution < 1.29 is 4.79 Å². The Morgan fingerprint density at radius 2 is 1.81 bits per heavy atom. The van der Waals surface area contributed by atoms with Gasteiger partial charge in [-0.15, -0.1) is 0 Å². The molecule has 3 heteroatoms. The summed E-state index contributed by atoms with van der Waals surface area (Å²) in [5.41, 5.74) is 0. The van der Waals surface area contributed by atoms with Crippen LogP contribution in [0, 0.1) is 5.92 Å². The Labute approximate surface area is 98.6 Å². The van der Waals surface area contributed by atoms with Gasteiger partial charge in [0.05, 0.1) is 0 Å². The molecule has 0 spiro atoms. The predicted octanol–water partition coefficient (Wildman–Crippen LogP) is 2.76. The molecule has 0 aromatic rings. The lowest BCUT2D eigenvalue weighted by Crippen LogP contribution is -2.47. The average molecular weight is 224 g/mol. The van der Waals surface area contributed by atoms with Gasteiger partial charge in [0.15, 0.2) is 0 Å². The first kappa shape index (κ1) is 11.7. The highest BCUT2D eigenvalue weighted by Gasteiger charge is 2.24. The van der Waals surface area contributed by atoms with E-state index in [-0.39, 0.29) is 6.03 Å². The zero-order valence-corrected chi connectivity index (χ0v) is 10.4. The van der Waals surface area contributed by atoms with Crippen molar-refractivity contribution in [2.75, 3.05) is 13.1 Å². The van der Waals surface area contributed by atoms with E-state index in [0.717, 1.165) is 19.0 Å². The number of piperidine rings is 1. The summed E-state index contributed by atoms with van der Waals surface area (Å²) in [5.74, 6) is 0.843. The third-order valence-corrected chi connectivity index (χ3v) is 4.16. The number of amides is 2. The second-order valence-electron chi connectivity index (χ2n) is 5.27. The fourth-order valence-electron chi connectivity index (χ4n) is 2.88. The first-order valence-corrected chi connectivity index (χ1v) is 6.85. The Hall–Kier alpha value is -0.730. The molecule has 16 heavy (non-hydrogen) atoms. The smallest absolute Gasteiger partial charge is 0.317 e. The molecule has 2 rings (SSSR count). The molecule has 0 atom stereocenters. The van der Waals surface area contributed by atoms with E-state index in [1.165, 1.54) is 44.9 Å². The number of carbonyl (C=O) groups is 1. The van der Waals surface area contributed by atoms with Gasteiger partial charge in [-0.05, 0) is 31.6 Å². The monoisotopic (exact) mass is 224 g/mol. The summed E-state index contributed by atoms with van der Waals surface area (Å²) >= 11 is 0. The molecule has 1 aliphatic carbocycles. The maximum absolute atomic E-state index is 12.0. The molecular weight excluding hydrogens is 200 g/mol. The third kappa shape index (κ3) is 2.89. The highest BCUT2D eigenvalue weighted by atomic mass is 16.2. The minimum absolute atomic E-state index is 0.182. The minimum Gasteiger partial charge on any atom is -0.335 e. The highest BCUT2D eigenvalue weighted by molar-refractivity contribution is 5.74. The van der Waals surface area contributed by atoms with E-state index in [1.54, 1.807) is 0 Å². The van der Waals surface area contributed by atoms with E-state index >= 15 is 0 Å². The molecule has 0 unspecified atom stereocenters. The van der Waals surface area contributed by atoms with Crippen LogP contribution in [0.2, 0.25) is 0 Å². The summed E-state index contributed by atoms with van der Waals surface area (Å²) in [6.45, 7) is 4.16. The number of rotatable bonds is 2. The van der Waals surface area contributed by atoms with Crippen molar-refractivity contribution >= 4 is 6.03 Å². The number of hydrogen-bond acceptors (Lipinski definition) is 1. The van der Waals surface area contributed by atoms with Crippen LogP contribution in [-0.4, -0.2) is 30.1 Å². The third-order valence-electron chi connectivity index (χ3n) is 4.16. The van der Waals surface area contributed by atoms with E-state index < -0.39 is 0 Å². The van der Waals surface area contributed by atoms with E-state index in [9.17, 15) is 4.79 Å². The Morgan fingerprint density at radius 3 is 2.38 bits per heavy atom. The van der Waals surface area contributed by atoms with Crippen molar-refractivity contribution in [2.24, 2.45) is 5.92 Å². The van der Waals surface area contributed by atoms with Crippen LogP contribution in [-0.2, 0) is 0 Å². The normalized spacial score (nSPS) is 23.7. The predicted molar refractivity (Wildman–Crippen MR) is 65.4 cm³/mol. The van der Waals surface area contributed by atoms with Crippen LogP contribution in [0.1, 0.15) is 51.9 Å². The summed E-state index contributed by atoms with van der Waals surface area (Å²) in [6, 6.07) is 0.637. The Bertz CT molecular complexity index is 228. The van der Waals surface area contributed by atoms with Crippen molar-refractivity contribution in [3.8, 4) is 0 Å². The Balaban J connectivity index is 1.73. The molecule has 2 aliphatic rings. The van der Waals surface area contributed by atoms with Gasteiger partial charge in [0.2, 0.25) is 0 Å². The molecule has 1 N–H and O–H groups in total. The lowest BCUT2D eigenvalue weighted by molar-refractivity contribution is 0.166. The standard InChI is InChI=1S/C13H24N2O/c1-2-11-7-9-15(10-8-11)13(16)14-12-5-3-4-6-12/h11-12H,2-10H2,1H3,(H,14,16). The number of nitrogens with zero attached hydrogens (tertiary/aromatic N) is 1. The maximum Gasteiger partial charge on any atom is 0.317 e. The molecule has 92 valence electrons. The molecule has 1 aliphatic heterocycles. The van der Waals surface area contributed by atoms with Crippen molar-refractivity contribution in [2.45, 2.75) is 57.9 Å². The summed E-state index contributed by atoms with van der Waals surface area (Å²) in [5, 5.41) is 3.17. The minimum atomic E-state index is 0.182. The molecular formula is C13H24N2O. The molecule has 0 aromatic carbocycles. The number of nitrogens with one attached hydrogen (secondary N) is 1. The Morgan fingerprint density at radius 1 is 1.19 bits per heavy atom. The summed E-state index contributed by atoms with van der Waals surface area (Å²) in [4.78, 5) is 14.0. The molecule has 1 saturated heterocycles. The highest BCUT2D eigenvalue weighted by Crippen LogP contribution is 2.21. The van der Waals surface area contributed by atoms with Gasteiger partial charge in [-0.3, -0.25) is 0 Å². The van der Waals surface area contributed by atoms with Crippen LogP contribution in [0.4, 0.5) is 4.79 Å². The quantitative estimate of drug-likeness (QED) is 0.768. The van der Waals surface area contributed by atoms with Gasteiger partial charge in [0.25, 0.3) is 0 Å². The van der Waals surface area contributed by atoms with Crippen molar-refractivity contribution in [3.63, 3.8) is 0 Å². The first-order chi connectivity index (χ1) is 7.79. The number of likely N-dealkylation sites (tertiary alicyclic amines) is 1. The van der Waals surface area contributed by atoms with Crippen molar-refractivity contribution in [3.05, 3.63) is 0 Å². The molecule has 0 radical (unpaired) electrons. The molecule has 0 aromatic heterocycles. The molecule has 3 nitrogen and oxygen atoms in total.